The molecule has 0 amide bonds. The Hall–Kier alpha value is -1.95. The van der Waals surface area contributed by atoms with Gasteiger partial charge >= 0.3 is 0 Å². The number of aromatic nitrogens is 4. The predicted molar refractivity (Wildman–Crippen MR) is 77.7 cm³/mol. The molecule has 0 fully saturated rings. The number of nitrogen functional groups attached to an aromatic ring is 1. The van der Waals surface area contributed by atoms with Crippen LogP contribution in [0.5, 0.6) is 0 Å². The summed E-state index contributed by atoms with van der Waals surface area (Å²) in [5, 5.41) is 4.61. The molecule has 2 aromatic rings. The lowest BCUT2D eigenvalue weighted by atomic mass is 10.1. The first-order valence-electron chi connectivity index (χ1n) is 6.99. The van der Waals surface area contributed by atoms with E-state index in [1.807, 2.05) is 19.9 Å². The fourth-order valence-corrected chi connectivity index (χ4v) is 2.67. The van der Waals surface area contributed by atoms with Crippen LogP contribution in [-0.4, -0.2) is 37.7 Å². The monoisotopic (exact) mass is 272 g/mol. The topological polar surface area (TPSA) is 72.9 Å². The number of anilines is 1. The predicted octanol–water partition coefficient (Wildman–Crippen LogP) is 1.24. The van der Waals surface area contributed by atoms with Gasteiger partial charge in [0, 0.05) is 36.5 Å². The van der Waals surface area contributed by atoms with Crippen LogP contribution in [0.2, 0.25) is 0 Å². The summed E-state index contributed by atoms with van der Waals surface area (Å²) in [6.07, 6.45) is 0.936. The summed E-state index contributed by atoms with van der Waals surface area (Å²) >= 11 is 0. The molecule has 0 unspecified atom stereocenters. The molecule has 6 heteroatoms. The highest BCUT2D eigenvalue weighted by molar-refractivity contribution is 5.48. The van der Waals surface area contributed by atoms with Crippen LogP contribution in [0.15, 0.2) is 6.07 Å². The smallest absolute Gasteiger partial charge is 0.252 e. The third-order valence-corrected chi connectivity index (χ3v) is 3.76. The molecule has 2 aromatic heterocycles. The number of nitrogens with zero attached hydrogens (tertiary/aromatic N) is 5. The second-order valence-corrected chi connectivity index (χ2v) is 5.29. The van der Waals surface area contributed by atoms with Crippen molar-refractivity contribution in [3.05, 3.63) is 28.7 Å². The summed E-state index contributed by atoms with van der Waals surface area (Å²) in [7, 11) is 0. The molecule has 0 aromatic carbocycles. The summed E-state index contributed by atoms with van der Waals surface area (Å²) in [6, 6.07) is 1.95. The van der Waals surface area contributed by atoms with Crippen molar-refractivity contribution in [2.75, 3.05) is 18.8 Å². The molecule has 0 saturated carbocycles. The fraction of sp³-hybridized carbons (Fsp3) is 0.500. The zero-order valence-electron chi connectivity index (χ0n) is 12.2. The van der Waals surface area contributed by atoms with Gasteiger partial charge in [0.15, 0.2) is 0 Å². The fourth-order valence-electron chi connectivity index (χ4n) is 2.67. The van der Waals surface area contributed by atoms with E-state index >= 15 is 0 Å². The SMILES string of the molecule is CCN1CCc2nn(-c3nc(C)cc(C)n3)c(N)c2C1. The summed E-state index contributed by atoms with van der Waals surface area (Å²) in [6.45, 7) is 9.01. The van der Waals surface area contributed by atoms with E-state index in [4.69, 9.17) is 5.73 Å². The van der Waals surface area contributed by atoms with Crippen LogP contribution < -0.4 is 5.73 Å². The summed E-state index contributed by atoms with van der Waals surface area (Å²) in [5.41, 5.74) is 10.3. The first-order chi connectivity index (χ1) is 9.58. The van der Waals surface area contributed by atoms with Gasteiger partial charge in [0.05, 0.1) is 5.69 Å². The standard InChI is InChI=1S/C14H20N6/c1-4-19-6-5-12-11(8-19)13(15)20(18-12)14-16-9(2)7-10(3)17-14/h7H,4-6,8,15H2,1-3H3. The summed E-state index contributed by atoms with van der Waals surface area (Å²) in [4.78, 5) is 11.3. The maximum atomic E-state index is 6.27. The Labute approximate surface area is 118 Å². The van der Waals surface area contributed by atoms with E-state index in [1.54, 1.807) is 4.68 Å². The van der Waals surface area contributed by atoms with E-state index < -0.39 is 0 Å². The normalized spacial score (nSPS) is 15.3. The molecule has 0 spiro atoms. The van der Waals surface area contributed by atoms with E-state index in [0.717, 1.165) is 48.7 Å². The van der Waals surface area contributed by atoms with Gasteiger partial charge in [-0.3, -0.25) is 4.90 Å². The second kappa shape index (κ2) is 4.86. The van der Waals surface area contributed by atoms with Crippen LogP contribution in [0.25, 0.3) is 5.95 Å². The molecule has 0 atom stereocenters. The maximum Gasteiger partial charge on any atom is 0.252 e. The Morgan fingerprint density at radius 1 is 1.25 bits per heavy atom. The van der Waals surface area contributed by atoms with Gasteiger partial charge in [-0.25, -0.2) is 9.97 Å². The Balaban J connectivity index is 2.06. The Kier molecular flexibility index (Phi) is 3.17. The van der Waals surface area contributed by atoms with Crippen LogP contribution in [0, 0.1) is 13.8 Å². The number of nitrogens with two attached hydrogens (primary N) is 1. The molecule has 106 valence electrons. The molecule has 2 N–H and O–H groups in total. The van der Waals surface area contributed by atoms with Crippen molar-refractivity contribution in [3.63, 3.8) is 0 Å². The number of hydrogen-bond donors (Lipinski definition) is 1. The number of likely N-dealkylation sites (N-methyl/N-ethyl adjacent to an activating group) is 1. The molecular weight excluding hydrogens is 252 g/mol. The highest BCUT2D eigenvalue weighted by Crippen LogP contribution is 2.25. The minimum Gasteiger partial charge on any atom is -0.383 e. The highest BCUT2D eigenvalue weighted by atomic mass is 15.4. The zero-order valence-corrected chi connectivity index (χ0v) is 12.2. The third-order valence-electron chi connectivity index (χ3n) is 3.76. The van der Waals surface area contributed by atoms with Crippen molar-refractivity contribution < 1.29 is 0 Å². The Bertz CT molecular complexity index is 625. The molecule has 6 nitrogen and oxygen atoms in total. The maximum absolute atomic E-state index is 6.27. The van der Waals surface area contributed by atoms with Gasteiger partial charge in [-0.05, 0) is 26.5 Å². The molecule has 0 saturated heterocycles. The average molecular weight is 272 g/mol. The average Bonchev–Trinajstić information content (AvgIpc) is 2.74. The minimum absolute atomic E-state index is 0.567. The van der Waals surface area contributed by atoms with Gasteiger partial charge in [0.1, 0.15) is 5.82 Å². The molecule has 0 radical (unpaired) electrons. The van der Waals surface area contributed by atoms with Gasteiger partial charge in [0.25, 0.3) is 5.95 Å². The highest BCUT2D eigenvalue weighted by Gasteiger charge is 2.24. The number of aryl methyl sites for hydroxylation is 2. The lowest BCUT2D eigenvalue weighted by Gasteiger charge is -2.24. The summed E-state index contributed by atoms with van der Waals surface area (Å²) < 4.78 is 1.68. The Morgan fingerprint density at radius 3 is 2.60 bits per heavy atom. The van der Waals surface area contributed by atoms with Gasteiger partial charge in [-0.1, -0.05) is 6.92 Å². The largest absolute Gasteiger partial charge is 0.383 e. The van der Waals surface area contributed by atoms with E-state index in [0.29, 0.717) is 11.8 Å². The summed E-state index contributed by atoms with van der Waals surface area (Å²) in [5.74, 6) is 1.24. The zero-order chi connectivity index (χ0) is 14.3. The van der Waals surface area contributed by atoms with Crippen LogP contribution >= 0.6 is 0 Å². The van der Waals surface area contributed by atoms with E-state index in [2.05, 4.69) is 26.9 Å². The molecular formula is C14H20N6. The van der Waals surface area contributed by atoms with Gasteiger partial charge in [-0.2, -0.15) is 9.78 Å². The molecule has 1 aliphatic heterocycles. The first-order valence-corrected chi connectivity index (χ1v) is 6.99. The lowest BCUT2D eigenvalue weighted by molar-refractivity contribution is 0.267. The van der Waals surface area contributed by atoms with E-state index in [-0.39, 0.29) is 0 Å². The van der Waals surface area contributed by atoms with Crippen LogP contribution in [0.3, 0.4) is 0 Å². The number of fused-ring (bicyclic) bond motifs is 1. The first kappa shape index (κ1) is 13.1. The molecule has 3 rings (SSSR count). The minimum atomic E-state index is 0.567. The van der Waals surface area contributed by atoms with Crippen molar-refractivity contribution in [1.29, 1.82) is 0 Å². The van der Waals surface area contributed by atoms with Crippen molar-refractivity contribution in [3.8, 4) is 5.95 Å². The van der Waals surface area contributed by atoms with Crippen molar-refractivity contribution in [2.24, 2.45) is 0 Å². The van der Waals surface area contributed by atoms with E-state index in [9.17, 15) is 0 Å². The van der Waals surface area contributed by atoms with Crippen molar-refractivity contribution in [2.45, 2.75) is 33.7 Å². The van der Waals surface area contributed by atoms with E-state index in [1.165, 1.54) is 0 Å². The third kappa shape index (κ3) is 2.16. The van der Waals surface area contributed by atoms with Crippen LogP contribution in [0.1, 0.15) is 29.6 Å². The van der Waals surface area contributed by atoms with Crippen LogP contribution in [0.4, 0.5) is 5.82 Å². The van der Waals surface area contributed by atoms with Crippen molar-refractivity contribution >= 4 is 5.82 Å². The van der Waals surface area contributed by atoms with Crippen molar-refractivity contribution in [1.82, 2.24) is 24.6 Å². The molecule has 20 heavy (non-hydrogen) atoms. The van der Waals surface area contributed by atoms with Gasteiger partial charge in [-0.15, -0.1) is 0 Å². The molecule has 3 heterocycles. The number of rotatable bonds is 2. The van der Waals surface area contributed by atoms with Gasteiger partial charge < -0.3 is 5.73 Å². The lowest BCUT2D eigenvalue weighted by Crippen LogP contribution is -2.30. The molecule has 0 aliphatic carbocycles. The second-order valence-electron chi connectivity index (χ2n) is 5.29. The van der Waals surface area contributed by atoms with Crippen LogP contribution in [-0.2, 0) is 13.0 Å². The Morgan fingerprint density at radius 2 is 1.95 bits per heavy atom. The quantitative estimate of drug-likeness (QED) is 0.890. The van der Waals surface area contributed by atoms with Gasteiger partial charge in [0.2, 0.25) is 0 Å². The molecule has 0 bridgehead atoms. The molecule has 1 aliphatic rings. The number of hydrogen-bond acceptors (Lipinski definition) is 5.